The van der Waals surface area contributed by atoms with Gasteiger partial charge >= 0.3 is 0 Å². The predicted molar refractivity (Wildman–Crippen MR) is 78.7 cm³/mol. The van der Waals surface area contributed by atoms with Gasteiger partial charge in [0.15, 0.2) is 0 Å². The van der Waals surface area contributed by atoms with Crippen LogP contribution in [0.5, 0.6) is 5.75 Å². The first kappa shape index (κ1) is 14.5. The summed E-state index contributed by atoms with van der Waals surface area (Å²) in [4.78, 5) is 4.31. The summed E-state index contributed by atoms with van der Waals surface area (Å²) in [6.07, 6.45) is 2.47. The lowest BCUT2D eigenvalue weighted by atomic mass is 10.0. The van der Waals surface area contributed by atoms with E-state index in [1.165, 1.54) is 0 Å². The van der Waals surface area contributed by atoms with Gasteiger partial charge in [-0.05, 0) is 18.2 Å². The third-order valence-corrected chi connectivity index (χ3v) is 3.02. The van der Waals surface area contributed by atoms with Gasteiger partial charge in [0.25, 0.3) is 0 Å². The fraction of sp³-hybridized carbons (Fsp3) is 0.312. The van der Waals surface area contributed by atoms with Gasteiger partial charge in [0, 0.05) is 37.0 Å². The van der Waals surface area contributed by atoms with Crippen LogP contribution in [0.2, 0.25) is 0 Å². The molecule has 0 aliphatic carbocycles. The standard InChI is InChI=1S/C16H20N2O2/c1-19-10-11-20-16-8-3-2-7-14(16)15(17)12-13-6-4-5-9-18-13/h2-9,15H,10-12,17H2,1H3. The van der Waals surface area contributed by atoms with Crippen LogP contribution in [-0.4, -0.2) is 25.3 Å². The minimum atomic E-state index is -0.136. The molecule has 20 heavy (non-hydrogen) atoms. The van der Waals surface area contributed by atoms with Crippen LogP contribution >= 0.6 is 0 Å². The van der Waals surface area contributed by atoms with E-state index in [1.54, 1.807) is 13.3 Å². The maximum atomic E-state index is 6.28. The highest BCUT2D eigenvalue weighted by Crippen LogP contribution is 2.25. The Morgan fingerprint density at radius 2 is 1.90 bits per heavy atom. The van der Waals surface area contributed by atoms with Gasteiger partial charge in [0.05, 0.1) is 6.61 Å². The number of ether oxygens (including phenoxy) is 2. The van der Waals surface area contributed by atoms with Crippen LogP contribution in [0.3, 0.4) is 0 Å². The van der Waals surface area contributed by atoms with Crippen LogP contribution in [0.25, 0.3) is 0 Å². The van der Waals surface area contributed by atoms with Gasteiger partial charge in [-0.1, -0.05) is 24.3 Å². The lowest BCUT2D eigenvalue weighted by molar-refractivity contribution is 0.145. The maximum Gasteiger partial charge on any atom is 0.124 e. The third-order valence-electron chi connectivity index (χ3n) is 3.02. The van der Waals surface area contributed by atoms with E-state index in [-0.39, 0.29) is 6.04 Å². The predicted octanol–water partition coefficient (Wildman–Crippen LogP) is 2.35. The molecule has 0 aliphatic rings. The Morgan fingerprint density at radius 3 is 2.65 bits per heavy atom. The Kier molecular flexibility index (Phi) is 5.53. The molecule has 1 unspecified atom stereocenters. The van der Waals surface area contributed by atoms with E-state index in [9.17, 15) is 0 Å². The van der Waals surface area contributed by atoms with Crippen LogP contribution in [0.15, 0.2) is 48.7 Å². The van der Waals surface area contributed by atoms with Crippen molar-refractivity contribution < 1.29 is 9.47 Å². The highest BCUT2D eigenvalue weighted by atomic mass is 16.5. The Morgan fingerprint density at radius 1 is 1.10 bits per heavy atom. The SMILES string of the molecule is COCCOc1ccccc1C(N)Cc1ccccn1. The smallest absolute Gasteiger partial charge is 0.124 e. The number of para-hydroxylation sites is 1. The molecule has 0 fully saturated rings. The van der Waals surface area contributed by atoms with Gasteiger partial charge in [-0.25, -0.2) is 0 Å². The molecule has 4 nitrogen and oxygen atoms in total. The van der Waals surface area contributed by atoms with Gasteiger partial charge in [-0.15, -0.1) is 0 Å². The zero-order valence-corrected chi connectivity index (χ0v) is 11.7. The molecule has 0 amide bonds. The summed E-state index contributed by atoms with van der Waals surface area (Å²) in [6.45, 7) is 1.08. The minimum Gasteiger partial charge on any atom is -0.491 e. The molecule has 0 saturated carbocycles. The number of methoxy groups -OCH3 is 1. The van der Waals surface area contributed by atoms with Crippen molar-refractivity contribution in [2.75, 3.05) is 20.3 Å². The van der Waals surface area contributed by atoms with Gasteiger partial charge in [0.1, 0.15) is 12.4 Å². The number of hydrogen-bond acceptors (Lipinski definition) is 4. The molecule has 0 aliphatic heterocycles. The van der Waals surface area contributed by atoms with Gasteiger partial charge in [0.2, 0.25) is 0 Å². The quantitative estimate of drug-likeness (QED) is 0.786. The lowest BCUT2D eigenvalue weighted by Gasteiger charge is -2.16. The molecule has 0 spiro atoms. The zero-order valence-electron chi connectivity index (χ0n) is 11.7. The molecule has 0 saturated heterocycles. The molecule has 4 heteroatoms. The fourth-order valence-electron chi connectivity index (χ4n) is 2.01. The number of aromatic nitrogens is 1. The Balaban J connectivity index is 2.07. The van der Waals surface area contributed by atoms with Crippen molar-refractivity contribution in [2.45, 2.75) is 12.5 Å². The van der Waals surface area contributed by atoms with Gasteiger partial charge in [-0.2, -0.15) is 0 Å². The number of benzene rings is 1. The van der Waals surface area contributed by atoms with Crippen LogP contribution in [0.1, 0.15) is 17.3 Å². The largest absolute Gasteiger partial charge is 0.491 e. The van der Waals surface area contributed by atoms with E-state index in [0.717, 1.165) is 17.0 Å². The number of pyridine rings is 1. The first-order chi connectivity index (χ1) is 9.81. The Labute approximate surface area is 119 Å². The average molecular weight is 272 g/mol. The topological polar surface area (TPSA) is 57.4 Å². The van der Waals surface area contributed by atoms with Crippen molar-refractivity contribution in [3.63, 3.8) is 0 Å². The molecule has 1 atom stereocenters. The van der Waals surface area contributed by atoms with Crippen LogP contribution < -0.4 is 10.5 Å². The van der Waals surface area contributed by atoms with Gasteiger partial charge in [-0.3, -0.25) is 4.98 Å². The molecule has 0 bridgehead atoms. The summed E-state index contributed by atoms with van der Waals surface area (Å²) in [7, 11) is 1.65. The third kappa shape index (κ3) is 4.05. The van der Waals surface area contributed by atoms with Crippen molar-refractivity contribution in [1.29, 1.82) is 0 Å². The summed E-state index contributed by atoms with van der Waals surface area (Å²) < 4.78 is 10.7. The monoisotopic (exact) mass is 272 g/mol. The fourth-order valence-corrected chi connectivity index (χ4v) is 2.01. The Bertz CT molecular complexity index is 517. The van der Waals surface area contributed by atoms with E-state index in [2.05, 4.69) is 4.98 Å². The molecular formula is C16H20N2O2. The molecule has 1 heterocycles. The van der Waals surface area contributed by atoms with Crippen molar-refractivity contribution in [2.24, 2.45) is 5.73 Å². The van der Waals surface area contributed by atoms with Gasteiger partial charge < -0.3 is 15.2 Å². The van der Waals surface area contributed by atoms with Crippen LogP contribution in [0, 0.1) is 0 Å². The Hall–Kier alpha value is -1.91. The number of nitrogens with zero attached hydrogens (tertiary/aromatic N) is 1. The second kappa shape index (κ2) is 7.62. The molecule has 2 aromatic rings. The van der Waals surface area contributed by atoms with Crippen molar-refractivity contribution in [1.82, 2.24) is 4.98 Å². The van der Waals surface area contributed by atoms with Crippen LogP contribution in [-0.2, 0) is 11.2 Å². The second-order valence-corrected chi connectivity index (χ2v) is 4.51. The van der Waals surface area contributed by atoms with E-state index in [0.29, 0.717) is 19.6 Å². The molecule has 2 rings (SSSR count). The highest BCUT2D eigenvalue weighted by molar-refractivity contribution is 5.36. The van der Waals surface area contributed by atoms with E-state index in [4.69, 9.17) is 15.2 Å². The summed E-state index contributed by atoms with van der Waals surface area (Å²) in [6, 6.07) is 13.6. The molecule has 0 radical (unpaired) electrons. The zero-order chi connectivity index (χ0) is 14.2. The summed E-state index contributed by atoms with van der Waals surface area (Å²) in [5.41, 5.74) is 8.25. The molecule has 106 valence electrons. The summed E-state index contributed by atoms with van der Waals surface area (Å²) in [5.74, 6) is 0.813. The molecular weight excluding hydrogens is 252 g/mol. The molecule has 2 N–H and O–H groups in total. The highest BCUT2D eigenvalue weighted by Gasteiger charge is 2.13. The number of rotatable bonds is 7. The number of hydrogen-bond donors (Lipinski definition) is 1. The summed E-state index contributed by atoms with van der Waals surface area (Å²) >= 11 is 0. The van der Waals surface area contributed by atoms with Crippen molar-refractivity contribution in [3.05, 3.63) is 59.9 Å². The second-order valence-electron chi connectivity index (χ2n) is 4.51. The first-order valence-electron chi connectivity index (χ1n) is 6.67. The van der Waals surface area contributed by atoms with Crippen LogP contribution in [0.4, 0.5) is 0 Å². The van der Waals surface area contributed by atoms with E-state index < -0.39 is 0 Å². The lowest BCUT2D eigenvalue weighted by Crippen LogP contribution is -2.16. The first-order valence-corrected chi connectivity index (χ1v) is 6.67. The normalized spacial score (nSPS) is 12.1. The maximum absolute atomic E-state index is 6.28. The molecule has 1 aromatic heterocycles. The van der Waals surface area contributed by atoms with Crippen molar-refractivity contribution >= 4 is 0 Å². The van der Waals surface area contributed by atoms with E-state index in [1.807, 2.05) is 42.5 Å². The van der Waals surface area contributed by atoms with Crippen molar-refractivity contribution in [3.8, 4) is 5.75 Å². The molecule has 1 aromatic carbocycles. The van der Waals surface area contributed by atoms with E-state index >= 15 is 0 Å². The number of nitrogens with two attached hydrogens (primary N) is 1. The average Bonchev–Trinajstić information content (AvgIpc) is 2.49. The minimum absolute atomic E-state index is 0.136. The summed E-state index contributed by atoms with van der Waals surface area (Å²) in [5, 5.41) is 0.